The van der Waals surface area contributed by atoms with Crippen LogP contribution in [0.5, 0.6) is 0 Å². The molecule has 0 heterocycles. The fraction of sp³-hybridized carbons (Fsp3) is 1.00. The van der Waals surface area contributed by atoms with E-state index in [1.165, 1.54) is 0 Å². The van der Waals surface area contributed by atoms with Gasteiger partial charge in [-0.1, -0.05) is 55.4 Å². The maximum atomic E-state index is 6.47. The first kappa shape index (κ1) is 56.4. The maximum Gasteiger partial charge on any atom is 0.493 e. The Bertz CT molecular complexity index is 703. The second-order valence-electron chi connectivity index (χ2n) is 13.1. The monoisotopic (exact) mass is 849 g/mol. The number of hydrogen-bond donors (Lipinski definition) is 0. The van der Waals surface area contributed by atoms with Crippen LogP contribution in [0.25, 0.3) is 0 Å². The van der Waals surface area contributed by atoms with Gasteiger partial charge in [0.25, 0.3) is 0 Å². The fourth-order valence-electron chi connectivity index (χ4n) is 6.40. The average molecular weight is 849 g/mol. The first-order chi connectivity index (χ1) is 25.9. The largest absolute Gasteiger partial charge is 0.493 e. The highest BCUT2D eigenvalue weighted by atomic mass is 28.5. The van der Waals surface area contributed by atoms with Crippen molar-refractivity contribution < 1.29 is 43.6 Å². The molecule has 0 spiro atoms. The number of rotatable bonds is 36. The van der Waals surface area contributed by atoms with E-state index in [4.69, 9.17) is 43.6 Å². The van der Waals surface area contributed by atoms with Crippen molar-refractivity contribution in [1.29, 1.82) is 0 Å². The molecule has 54 heavy (non-hydrogen) atoms. The lowest BCUT2D eigenvalue weighted by Crippen LogP contribution is -2.57. The molecule has 14 nitrogen and oxygen atoms in total. The summed E-state index contributed by atoms with van der Waals surface area (Å²) in [6.07, 6.45) is 3.86. The van der Waals surface area contributed by atoms with E-state index in [9.17, 15) is 0 Å². The van der Waals surface area contributed by atoms with E-state index >= 15 is 0 Å². The third kappa shape index (κ3) is 21.4. The molecule has 0 unspecified atom stereocenters. The summed E-state index contributed by atoms with van der Waals surface area (Å²) >= 11 is 0. The summed E-state index contributed by atoms with van der Waals surface area (Å²) in [6.45, 7) is 29.9. The Kier molecular flexibility index (Phi) is 34.7. The summed E-state index contributed by atoms with van der Waals surface area (Å²) < 4.78 is 59.4. The van der Waals surface area contributed by atoms with E-state index in [0.29, 0.717) is 0 Å². The third-order valence-electron chi connectivity index (χ3n) is 10.5. The van der Waals surface area contributed by atoms with E-state index in [0.717, 1.165) is 128 Å². The zero-order valence-electron chi connectivity index (χ0n) is 38.0. The van der Waals surface area contributed by atoms with E-state index < -0.39 is 35.2 Å². The van der Waals surface area contributed by atoms with Gasteiger partial charge in [0.2, 0.25) is 0 Å². The van der Waals surface area contributed by atoms with Crippen molar-refractivity contribution in [3.8, 4) is 0 Å². The Hall–Kier alpha value is 0.308. The van der Waals surface area contributed by atoms with E-state index in [1.54, 1.807) is 56.9 Å². The second-order valence-corrected chi connectivity index (χ2v) is 25.5. The molecule has 328 valence electrons. The van der Waals surface area contributed by atoms with E-state index in [2.05, 4.69) is 75.0 Å². The Morgan fingerprint density at radius 1 is 0.278 bits per heavy atom. The summed E-state index contributed by atoms with van der Waals surface area (Å²) in [6, 6.07) is 3.03. The lowest BCUT2D eigenvalue weighted by atomic mass is 10.4. The number of nitrogens with zero attached hydrogens (tertiary/aromatic N) is 4. The van der Waals surface area contributed by atoms with Gasteiger partial charge < -0.3 is 63.2 Å². The zero-order chi connectivity index (χ0) is 41.5. The minimum Gasteiger partial charge on any atom is -0.377 e. The normalized spacial score (nSPS) is 13.1. The highest BCUT2D eigenvalue weighted by Crippen LogP contribution is 2.28. The quantitative estimate of drug-likeness (QED) is 0.0704. The van der Waals surface area contributed by atoms with E-state index in [1.807, 2.05) is 0 Å². The second kappa shape index (κ2) is 33.2. The van der Waals surface area contributed by atoms with Crippen LogP contribution < -0.4 is 0 Å². The predicted octanol–water partition coefficient (Wildman–Crippen LogP) is 5.86. The van der Waals surface area contributed by atoms with Gasteiger partial charge in [-0.15, -0.1) is 0 Å². The molecule has 0 aromatic heterocycles. The van der Waals surface area contributed by atoms with Crippen molar-refractivity contribution in [2.45, 2.75) is 105 Å². The molecule has 18 heteroatoms. The van der Waals surface area contributed by atoms with Gasteiger partial charge in [-0.05, 0) is 104 Å². The molecule has 0 N–H and O–H groups in total. The highest BCUT2D eigenvalue weighted by Gasteiger charge is 2.52. The molecule has 0 atom stereocenters. The molecule has 0 aliphatic rings. The first-order valence-corrected chi connectivity index (χ1v) is 28.3. The summed E-state index contributed by atoms with van der Waals surface area (Å²) in [4.78, 5) is 9.58. The first-order valence-electron chi connectivity index (χ1n) is 20.6. The Labute approximate surface area is 338 Å². The Balaban J connectivity index is 0. The molecule has 0 fully saturated rings. The minimum absolute atomic E-state index is 0.758. The van der Waals surface area contributed by atoms with Crippen molar-refractivity contribution in [1.82, 2.24) is 19.6 Å². The molecule has 0 rings (SSSR count). The van der Waals surface area contributed by atoms with Crippen LogP contribution in [0.2, 0.25) is 24.2 Å². The van der Waals surface area contributed by atoms with Gasteiger partial charge in [-0.25, -0.2) is 0 Å². The minimum atomic E-state index is -2.84. The number of hydrogen-bond acceptors (Lipinski definition) is 14. The van der Waals surface area contributed by atoms with Crippen molar-refractivity contribution in [3.63, 3.8) is 0 Å². The summed E-state index contributed by atoms with van der Waals surface area (Å²) in [7, 11) is 2.05. The van der Waals surface area contributed by atoms with Gasteiger partial charge in [0.1, 0.15) is 0 Å². The molecule has 0 saturated carbocycles. The van der Waals surface area contributed by atoms with Crippen molar-refractivity contribution in [2.24, 2.45) is 0 Å². The van der Waals surface area contributed by atoms with Gasteiger partial charge in [0.15, 0.2) is 0 Å². The van der Waals surface area contributed by atoms with Gasteiger partial charge in [-0.3, -0.25) is 0 Å². The van der Waals surface area contributed by atoms with Crippen LogP contribution in [0, 0.1) is 0 Å². The summed E-state index contributed by atoms with van der Waals surface area (Å²) in [5, 5.41) is 0. The standard InChI is InChI=1S/2C18H44N2O5Si2/c2*1-9-19(10-2)15-13-17-26(21-5,22-6)25-27(23-7,24-8)18-14-16-20(11-3)12-4/h2*9-18H2,1-8H3. The Morgan fingerprint density at radius 3 is 0.537 bits per heavy atom. The molecule has 0 saturated heterocycles. The SMILES string of the molecule is CCN(CC)CCC[Si](OC)(OC)O[Si](CCCN(CC)CC)(OC)OC.CCN(CC)CCC[Si](OC)(OC)O[Si](CCCN(CC)CC)(OC)OC. The zero-order valence-corrected chi connectivity index (χ0v) is 42.0. The predicted molar refractivity (Wildman–Crippen MR) is 230 cm³/mol. The fourth-order valence-corrected chi connectivity index (χ4v) is 19.2. The van der Waals surface area contributed by atoms with Gasteiger partial charge in [0.05, 0.1) is 0 Å². The lowest BCUT2D eigenvalue weighted by Gasteiger charge is -2.36. The van der Waals surface area contributed by atoms with Crippen LogP contribution in [-0.2, 0) is 43.6 Å². The van der Waals surface area contributed by atoms with Crippen LogP contribution in [0.3, 0.4) is 0 Å². The summed E-state index contributed by atoms with van der Waals surface area (Å²) in [5.74, 6) is 0. The van der Waals surface area contributed by atoms with Crippen LogP contribution >= 0.6 is 0 Å². The molecule has 0 amide bonds. The summed E-state index contributed by atoms with van der Waals surface area (Å²) in [5.41, 5.74) is 0. The molecular weight excluding hydrogens is 761 g/mol. The molecule has 0 aliphatic heterocycles. The molecular formula is C36H88N4O10Si4. The van der Waals surface area contributed by atoms with Gasteiger partial charge in [-0.2, -0.15) is 0 Å². The molecule has 0 bridgehead atoms. The van der Waals surface area contributed by atoms with Crippen molar-refractivity contribution in [3.05, 3.63) is 0 Å². The van der Waals surface area contributed by atoms with Crippen LogP contribution in [-0.4, -0.2) is 190 Å². The maximum absolute atomic E-state index is 6.47. The van der Waals surface area contributed by atoms with Crippen molar-refractivity contribution >= 4 is 35.2 Å². The average Bonchev–Trinajstić information content (AvgIpc) is 3.22. The van der Waals surface area contributed by atoms with Crippen LogP contribution in [0.1, 0.15) is 81.1 Å². The molecule has 0 aliphatic carbocycles. The topological polar surface area (TPSA) is 105 Å². The lowest BCUT2D eigenvalue weighted by molar-refractivity contribution is 0.0835. The highest BCUT2D eigenvalue weighted by molar-refractivity contribution is 6.75. The third-order valence-corrected chi connectivity index (χ3v) is 24.3. The van der Waals surface area contributed by atoms with Crippen molar-refractivity contribution in [2.75, 3.05) is 135 Å². The molecule has 0 radical (unpaired) electrons. The van der Waals surface area contributed by atoms with Crippen LogP contribution in [0.15, 0.2) is 0 Å². The van der Waals surface area contributed by atoms with Crippen LogP contribution in [0.4, 0.5) is 0 Å². The smallest absolute Gasteiger partial charge is 0.377 e. The Morgan fingerprint density at radius 2 is 0.426 bits per heavy atom. The molecule has 0 aromatic rings. The van der Waals surface area contributed by atoms with Gasteiger partial charge in [0, 0.05) is 81.1 Å². The van der Waals surface area contributed by atoms with Gasteiger partial charge >= 0.3 is 35.2 Å². The van der Waals surface area contributed by atoms with E-state index in [-0.39, 0.29) is 0 Å². The molecule has 0 aromatic carbocycles.